The van der Waals surface area contributed by atoms with Crippen molar-refractivity contribution in [1.82, 2.24) is 4.90 Å². The smallest absolute Gasteiger partial charge is 0.226 e. The fourth-order valence-electron chi connectivity index (χ4n) is 2.89. The van der Waals surface area contributed by atoms with Crippen molar-refractivity contribution in [3.8, 4) is 0 Å². The van der Waals surface area contributed by atoms with Gasteiger partial charge in [0.2, 0.25) is 5.91 Å². The van der Waals surface area contributed by atoms with Crippen molar-refractivity contribution in [2.45, 2.75) is 65.8 Å². The number of anilines is 1. The Morgan fingerprint density at radius 1 is 1.04 bits per heavy atom. The normalized spacial score (nSPS) is 12.2. The summed E-state index contributed by atoms with van der Waals surface area (Å²) < 4.78 is 0. The van der Waals surface area contributed by atoms with Gasteiger partial charge in [0.05, 0.1) is 6.04 Å². The quantitative estimate of drug-likeness (QED) is 0.665. The van der Waals surface area contributed by atoms with Gasteiger partial charge in [0.25, 0.3) is 0 Å². The number of Topliss-reactive ketones (excluding diaryl/α,β-unsaturated/α-hetero) is 1. The number of aryl methyl sites for hydroxylation is 1. The lowest BCUT2D eigenvalue weighted by Crippen LogP contribution is -2.43. The van der Waals surface area contributed by atoms with E-state index < -0.39 is 0 Å². The zero-order valence-corrected chi connectivity index (χ0v) is 15.6. The van der Waals surface area contributed by atoms with E-state index in [1.54, 1.807) is 0 Å². The highest BCUT2D eigenvalue weighted by Gasteiger charge is 2.26. The van der Waals surface area contributed by atoms with E-state index >= 15 is 0 Å². The molecule has 1 rings (SSSR count). The predicted molar refractivity (Wildman–Crippen MR) is 100 cm³/mol. The zero-order valence-electron chi connectivity index (χ0n) is 15.6. The summed E-state index contributed by atoms with van der Waals surface area (Å²) in [5, 5.41) is 2.92. The van der Waals surface area contributed by atoms with Crippen molar-refractivity contribution < 1.29 is 9.59 Å². The van der Waals surface area contributed by atoms with Gasteiger partial charge in [-0.15, -0.1) is 0 Å². The Hall–Kier alpha value is -1.68. The van der Waals surface area contributed by atoms with Gasteiger partial charge in [0.15, 0.2) is 0 Å². The number of nitrogens with one attached hydrogen (secondary N) is 1. The second-order valence-electron chi connectivity index (χ2n) is 6.16. The molecule has 24 heavy (non-hydrogen) atoms. The van der Waals surface area contributed by atoms with E-state index in [1.165, 1.54) is 5.56 Å². The van der Waals surface area contributed by atoms with Crippen LogP contribution >= 0.6 is 0 Å². The highest BCUT2D eigenvalue weighted by atomic mass is 16.2. The van der Waals surface area contributed by atoms with Crippen LogP contribution in [0.15, 0.2) is 24.3 Å². The fourth-order valence-corrected chi connectivity index (χ4v) is 2.89. The number of rotatable bonds is 11. The zero-order chi connectivity index (χ0) is 17.9. The van der Waals surface area contributed by atoms with Gasteiger partial charge in [0.1, 0.15) is 5.78 Å². The van der Waals surface area contributed by atoms with Crippen molar-refractivity contribution in [1.29, 1.82) is 0 Å². The number of nitrogens with zero attached hydrogens (tertiary/aromatic N) is 1. The van der Waals surface area contributed by atoms with E-state index in [9.17, 15) is 9.59 Å². The molecule has 0 aliphatic heterocycles. The Morgan fingerprint density at radius 2 is 1.71 bits per heavy atom. The first kappa shape index (κ1) is 20.4. The Kier molecular flexibility index (Phi) is 9.31. The Labute approximate surface area is 146 Å². The maximum atomic E-state index is 12.5. The van der Waals surface area contributed by atoms with E-state index in [0.29, 0.717) is 6.42 Å². The van der Waals surface area contributed by atoms with Gasteiger partial charge in [0, 0.05) is 18.5 Å². The first-order chi connectivity index (χ1) is 11.5. The molecule has 0 fully saturated rings. The molecule has 0 aromatic heterocycles. The highest BCUT2D eigenvalue weighted by Crippen LogP contribution is 2.14. The van der Waals surface area contributed by atoms with Crippen LogP contribution in [0.25, 0.3) is 0 Å². The summed E-state index contributed by atoms with van der Waals surface area (Å²) >= 11 is 0. The SMILES string of the molecule is CCCC(=O)C(CC(=O)Nc1ccc(CC)cc1)N(CC)CCC. The van der Waals surface area contributed by atoms with Gasteiger partial charge in [-0.05, 0) is 50.0 Å². The summed E-state index contributed by atoms with van der Waals surface area (Å²) in [5.74, 6) is 0.0764. The lowest BCUT2D eigenvalue weighted by atomic mass is 10.0. The third-order valence-corrected chi connectivity index (χ3v) is 4.25. The molecule has 0 aliphatic carbocycles. The van der Waals surface area contributed by atoms with Crippen molar-refractivity contribution in [3.63, 3.8) is 0 Å². The molecule has 1 N–H and O–H groups in total. The minimum atomic E-state index is -0.315. The minimum absolute atomic E-state index is 0.0942. The van der Waals surface area contributed by atoms with Crippen LogP contribution < -0.4 is 5.32 Å². The number of likely N-dealkylation sites (N-methyl/N-ethyl adjacent to an activating group) is 1. The molecule has 0 radical (unpaired) electrons. The van der Waals surface area contributed by atoms with Gasteiger partial charge >= 0.3 is 0 Å². The summed E-state index contributed by atoms with van der Waals surface area (Å²) in [6, 6.07) is 7.56. The van der Waals surface area contributed by atoms with Crippen LogP contribution in [0.2, 0.25) is 0 Å². The average Bonchev–Trinajstić information content (AvgIpc) is 2.58. The third-order valence-electron chi connectivity index (χ3n) is 4.25. The lowest BCUT2D eigenvalue weighted by molar-refractivity contribution is -0.128. The highest BCUT2D eigenvalue weighted by molar-refractivity contribution is 5.96. The molecule has 1 atom stereocenters. The average molecular weight is 332 g/mol. The van der Waals surface area contributed by atoms with E-state index in [4.69, 9.17) is 0 Å². The summed E-state index contributed by atoms with van der Waals surface area (Å²) in [6.07, 6.45) is 3.53. The van der Waals surface area contributed by atoms with Crippen LogP contribution in [0.5, 0.6) is 0 Å². The van der Waals surface area contributed by atoms with Crippen molar-refractivity contribution in [2.75, 3.05) is 18.4 Å². The van der Waals surface area contributed by atoms with Gasteiger partial charge in [-0.1, -0.05) is 39.8 Å². The third kappa shape index (κ3) is 6.44. The van der Waals surface area contributed by atoms with E-state index in [1.807, 2.05) is 38.1 Å². The molecule has 4 nitrogen and oxygen atoms in total. The molecule has 0 saturated heterocycles. The maximum Gasteiger partial charge on any atom is 0.226 e. The fraction of sp³-hybridized carbons (Fsp3) is 0.600. The monoisotopic (exact) mass is 332 g/mol. The molecule has 1 aromatic carbocycles. The van der Waals surface area contributed by atoms with Crippen LogP contribution in [0.3, 0.4) is 0 Å². The number of hydrogen-bond donors (Lipinski definition) is 1. The second kappa shape index (κ2) is 11.0. The van der Waals surface area contributed by atoms with Gasteiger partial charge in [-0.3, -0.25) is 14.5 Å². The predicted octanol–water partition coefficient (Wildman–Crippen LogP) is 4.05. The number of hydrogen-bond acceptors (Lipinski definition) is 3. The summed E-state index contributed by atoms with van der Waals surface area (Å²) in [4.78, 5) is 27.0. The molecule has 0 aliphatic rings. The standard InChI is InChI=1S/C20H32N2O2/c1-5-9-19(23)18(22(8-4)14-6-2)15-20(24)21-17-12-10-16(7-3)11-13-17/h10-13,18H,5-9,14-15H2,1-4H3,(H,21,24). The molecular weight excluding hydrogens is 300 g/mol. The Morgan fingerprint density at radius 3 is 2.21 bits per heavy atom. The number of ketones is 1. The molecule has 134 valence electrons. The molecule has 0 saturated carbocycles. The first-order valence-electron chi connectivity index (χ1n) is 9.21. The molecule has 0 spiro atoms. The number of benzene rings is 1. The van der Waals surface area contributed by atoms with Crippen LogP contribution in [-0.2, 0) is 16.0 Å². The van der Waals surface area contributed by atoms with E-state index in [-0.39, 0.29) is 24.2 Å². The van der Waals surface area contributed by atoms with Crippen molar-refractivity contribution in [2.24, 2.45) is 0 Å². The van der Waals surface area contributed by atoms with Crippen molar-refractivity contribution >= 4 is 17.4 Å². The van der Waals surface area contributed by atoms with E-state index in [2.05, 4.69) is 24.1 Å². The molecule has 1 unspecified atom stereocenters. The van der Waals surface area contributed by atoms with Gasteiger partial charge < -0.3 is 5.32 Å². The summed E-state index contributed by atoms with van der Waals surface area (Å²) in [5.41, 5.74) is 2.03. The van der Waals surface area contributed by atoms with Crippen molar-refractivity contribution in [3.05, 3.63) is 29.8 Å². The molecular formula is C20H32N2O2. The molecule has 4 heteroatoms. The van der Waals surface area contributed by atoms with E-state index in [0.717, 1.165) is 38.0 Å². The second-order valence-corrected chi connectivity index (χ2v) is 6.16. The first-order valence-corrected chi connectivity index (χ1v) is 9.21. The molecule has 0 heterocycles. The number of amides is 1. The van der Waals surface area contributed by atoms with Crippen LogP contribution in [0.4, 0.5) is 5.69 Å². The number of carbonyl (C=O) groups excluding carboxylic acids is 2. The Bertz CT molecular complexity index is 511. The van der Waals surface area contributed by atoms with Gasteiger partial charge in [-0.2, -0.15) is 0 Å². The molecule has 1 aromatic rings. The van der Waals surface area contributed by atoms with Crippen LogP contribution in [0, 0.1) is 0 Å². The molecule has 1 amide bonds. The van der Waals surface area contributed by atoms with Crippen LogP contribution in [0.1, 0.15) is 58.9 Å². The van der Waals surface area contributed by atoms with Crippen LogP contribution in [-0.4, -0.2) is 35.7 Å². The van der Waals surface area contributed by atoms with Gasteiger partial charge in [-0.25, -0.2) is 0 Å². The largest absolute Gasteiger partial charge is 0.326 e. The number of carbonyl (C=O) groups is 2. The summed E-state index contributed by atoms with van der Waals surface area (Å²) in [6.45, 7) is 9.87. The summed E-state index contributed by atoms with van der Waals surface area (Å²) in [7, 11) is 0. The topological polar surface area (TPSA) is 49.4 Å². The lowest BCUT2D eigenvalue weighted by Gasteiger charge is -2.29. The minimum Gasteiger partial charge on any atom is -0.326 e. The molecule has 0 bridgehead atoms. The Balaban J connectivity index is 2.75. The maximum absolute atomic E-state index is 12.5.